The van der Waals surface area contributed by atoms with Crippen molar-refractivity contribution in [3.63, 3.8) is 0 Å². The maximum absolute atomic E-state index is 13.1. The Morgan fingerprint density at radius 1 is 1.32 bits per heavy atom. The summed E-state index contributed by atoms with van der Waals surface area (Å²) in [4.78, 5) is 5.80. The molecule has 0 saturated heterocycles. The van der Waals surface area contributed by atoms with E-state index in [0.717, 1.165) is 31.7 Å². The lowest BCUT2D eigenvalue weighted by atomic mass is 10.1. The van der Waals surface area contributed by atoms with Crippen molar-refractivity contribution in [3.8, 4) is 0 Å². The van der Waals surface area contributed by atoms with Gasteiger partial charge in [-0.05, 0) is 25.0 Å². The highest BCUT2D eigenvalue weighted by molar-refractivity contribution is 9.09. The molecule has 19 heavy (non-hydrogen) atoms. The zero-order chi connectivity index (χ0) is 13.9. The minimum absolute atomic E-state index is 0.0707. The van der Waals surface area contributed by atoms with Crippen LogP contribution in [0.4, 0.5) is 19.0 Å². The van der Waals surface area contributed by atoms with Gasteiger partial charge in [0.1, 0.15) is 5.82 Å². The molecular formula is C13H16BrF3N2. The SMILES string of the molecule is FC(F)(F)c1cccnc1N(CCBr)C1CCCC1. The van der Waals surface area contributed by atoms with E-state index in [1.54, 1.807) is 0 Å². The molecule has 106 valence electrons. The quantitative estimate of drug-likeness (QED) is 0.764. The normalized spacial score (nSPS) is 16.8. The van der Waals surface area contributed by atoms with Gasteiger partial charge in [-0.25, -0.2) is 4.98 Å². The monoisotopic (exact) mass is 336 g/mol. The van der Waals surface area contributed by atoms with E-state index in [1.165, 1.54) is 12.3 Å². The molecule has 0 bridgehead atoms. The van der Waals surface area contributed by atoms with Gasteiger partial charge in [0, 0.05) is 24.1 Å². The van der Waals surface area contributed by atoms with E-state index in [1.807, 2.05) is 4.90 Å². The first kappa shape index (κ1) is 14.6. The van der Waals surface area contributed by atoms with Gasteiger partial charge < -0.3 is 4.90 Å². The summed E-state index contributed by atoms with van der Waals surface area (Å²) in [7, 11) is 0. The van der Waals surface area contributed by atoms with Crippen molar-refractivity contribution in [2.75, 3.05) is 16.8 Å². The minimum atomic E-state index is -4.35. The summed E-state index contributed by atoms with van der Waals surface area (Å²) in [6.07, 6.45) is 1.13. The van der Waals surface area contributed by atoms with Crippen LogP contribution in [0.3, 0.4) is 0 Å². The third kappa shape index (κ3) is 3.41. The molecule has 0 aromatic carbocycles. The lowest BCUT2D eigenvalue weighted by molar-refractivity contribution is -0.137. The Kier molecular flexibility index (Phi) is 4.71. The largest absolute Gasteiger partial charge is 0.419 e. The molecule has 0 unspecified atom stereocenters. The third-order valence-electron chi connectivity index (χ3n) is 3.46. The van der Waals surface area contributed by atoms with Gasteiger partial charge in [0.15, 0.2) is 0 Å². The van der Waals surface area contributed by atoms with E-state index >= 15 is 0 Å². The summed E-state index contributed by atoms with van der Waals surface area (Å²) >= 11 is 3.32. The van der Waals surface area contributed by atoms with Crippen LogP contribution in [-0.2, 0) is 6.18 Å². The van der Waals surface area contributed by atoms with Crippen LogP contribution in [0.15, 0.2) is 18.3 Å². The molecule has 6 heteroatoms. The van der Waals surface area contributed by atoms with Gasteiger partial charge in [-0.3, -0.25) is 0 Å². The lowest BCUT2D eigenvalue weighted by Gasteiger charge is -2.31. The minimum Gasteiger partial charge on any atom is -0.352 e. The van der Waals surface area contributed by atoms with E-state index in [2.05, 4.69) is 20.9 Å². The molecule has 1 aromatic rings. The number of pyridine rings is 1. The van der Waals surface area contributed by atoms with Crippen LogP contribution < -0.4 is 4.90 Å². The van der Waals surface area contributed by atoms with E-state index in [9.17, 15) is 13.2 Å². The van der Waals surface area contributed by atoms with Gasteiger partial charge in [-0.15, -0.1) is 0 Å². The predicted octanol–water partition coefficient (Wildman–Crippen LogP) is 4.24. The van der Waals surface area contributed by atoms with E-state index in [-0.39, 0.29) is 11.9 Å². The molecule has 0 aliphatic heterocycles. The summed E-state index contributed by atoms with van der Waals surface area (Å²) in [5, 5.41) is 0.636. The topological polar surface area (TPSA) is 16.1 Å². The predicted molar refractivity (Wildman–Crippen MR) is 72.6 cm³/mol. The lowest BCUT2D eigenvalue weighted by Crippen LogP contribution is -2.37. The average Bonchev–Trinajstić information content (AvgIpc) is 2.88. The van der Waals surface area contributed by atoms with Crippen LogP contribution >= 0.6 is 15.9 Å². The van der Waals surface area contributed by atoms with Gasteiger partial charge in [-0.1, -0.05) is 28.8 Å². The van der Waals surface area contributed by atoms with Crippen LogP contribution in [0.2, 0.25) is 0 Å². The smallest absolute Gasteiger partial charge is 0.352 e. The highest BCUT2D eigenvalue weighted by Crippen LogP contribution is 2.37. The number of aromatic nitrogens is 1. The Morgan fingerprint density at radius 2 is 2.00 bits per heavy atom. The molecule has 1 fully saturated rings. The van der Waals surface area contributed by atoms with Gasteiger partial charge in [0.05, 0.1) is 5.56 Å². The number of alkyl halides is 4. The summed E-state index contributed by atoms with van der Waals surface area (Å²) in [6.45, 7) is 0.546. The first-order valence-corrected chi connectivity index (χ1v) is 7.51. The van der Waals surface area contributed by atoms with Crippen LogP contribution in [-0.4, -0.2) is 22.9 Å². The first-order chi connectivity index (χ1) is 9.04. The van der Waals surface area contributed by atoms with Crippen molar-refractivity contribution in [3.05, 3.63) is 23.9 Å². The molecule has 0 atom stereocenters. The van der Waals surface area contributed by atoms with Crippen molar-refractivity contribution in [2.24, 2.45) is 0 Å². The number of hydrogen-bond acceptors (Lipinski definition) is 2. The number of rotatable bonds is 4. The van der Waals surface area contributed by atoms with E-state index in [0.29, 0.717) is 11.9 Å². The molecule has 1 aromatic heterocycles. The fourth-order valence-corrected chi connectivity index (χ4v) is 3.00. The second-order valence-corrected chi connectivity index (χ2v) is 5.49. The molecule has 1 saturated carbocycles. The summed E-state index contributed by atoms with van der Waals surface area (Å²) in [6, 6.07) is 2.62. The van der Waals surface area contributed by atoms with Crippen molar-refractivity contribution in [2.45, 2.75) is 37.9 Å². The summed E-state index contributed by atoms with van der Waals surface area (Å²) in [5.74, 6) is 0.0707. The van der Waals surface area contributed by atoms with Gasteiger partial charge in [-0.2, -0.15) is 13.2 Å². The Hall–Kier alpha value is -0.780. The standard InChI is InChI=1S/C13H16BrF3N2/c14-7-9-19(10-4-1-2-5-10)12-11(13(15,16)17)6-3-8-18-12/h3,6,8,10H,1-2,4-5,7,9H2. The fraction of sp³-hybridized carbons (Fsp3) is 0.615. The van der Waals surface area contributed by atoms with E-state index in [4.69, 9.17) is 0 Å². The van der Waals surface area contributed by atoms with E-state index < -0.39 is 11.7 Å². The van der Waals surface area contributed by atoms with Crippen LogP contribution in [0.1, 0.15) is 31.2 Å². The second kappa shape index (κ2) is 6.11. The molecule has 2 nitrogen and oxygen atoms in total. The van der Waals surface area contributed by atoms with Gasteiger partial charge >= 0.3 is 6.18 Å². The first-order valence-electron chi connectivity index (χ1n) is 6.39. The van der Waals surface area contributed by atoms with Crippen LogP contribution in [0.25, 0.3) is 0 Å². The number of nitrogens with zero attached hydrogens (tertiary/aromatic N) is 2. The fourth-order valence-electron chi connectivity index (χ4n) is 2.62. The Labute approximate surface area is 119 Å². The van der Waals surface area contributed by atoms with Gasteiger partial charge in [0.2, 0.25) is 0 Å². The summed E-state index contributed by atoms with van der Waals surface area (Å²) < 4.78 is 39.2. The number of anilines is 1. The maximum atomic E-state index is 13.1. The molecule has 1 heterocycles. The van der Waals surface area contributed by atoms with Gasteiger partial charge in [0.25, 0.3) is 0 Å². The molecule has 1 aliphatic rings. The molecule has 1 aliphatic carbocycles. The molecule has 0 N–H and O–H groups in total. The molecular weight excluding hydrogens is 321 g/mol. The van der Waals surface area contributed by atoms with Crippen molar-refractivity contribution in [1.29, 1.82) is 0 Å². The van der Waals surface area contributed by atoms with Crippen molar-refractivity contribution < 1.29 is 13.2 Å². The molecule has 2 rings (SSSR count). The Morgan fingerprint density at radius 3 is 2.58 bits per heavy atom. The van der Waals surface area contributed by atoms with Crippen molar-refractivity contribution >= 4 is 21.7 Å². The number of halogens is 4. The maximum Gasteiger partial charge on any atom is 0.419 e. The zero-order valence-corrected chi connectivity index (χ0v) is 12.0. The Bertz CT molecular complexity index is 417. The third-order valence-corrected chi connectivity index (χ3v) is 3.81. The zero-order valence-electron chi connectivity index (χ0n) is 10.5. The van der Waals surface area contributed by atoms with Crippen LogP contribution in [0, 0.1) is 0 Å². The number of hydrogen-bond donors (Lipinski definition) is 0. The summed E-state index contributed by atoms with van der Waals surface area (Å²) in [5.41, 5.74) is -0.636. The Balaban J connectivity index is 2.35. The highest BCUT2D eigenvalue weighted by atomic mass is 79.9. The highest BCUT2D eigenvalue weighted by Gasteiger charge is 2.37. The van der Waals surface area contributed by atoms with Crippen molar-refractivity contribution in [1.82, 2.24) is 4.98 Å². The molecule has 0 amide bonds. The molecule has 0 spiro atoms. The average molecular weight is 337 g/mol. The van der Waals surface area contributed by atoms with Crippen LogP contribution in [0.5, 0.6) is 0 Å². The molecule has 0 radical (unpaired) electrons. The second-order valence-electron chi connectivity index (χ2n) is 4.69.